The molecule has 0 saturated heterocycles. The molecule has 1 amide bonds. The van der Waals surface area contributed by atoms with Gasteiger partial charge in [-0.05, 0) is 36.3 Å². The van der Waals surface area contributed by atoms with Crippen LogP contribution in [0.3, 0.4) is 0 Å². The molecule has 1 heterocycles. The fourth-order valence-electron chi connectivity index (χ4n) is 4.73. The summed E-state index contributed by atoms with van der Waals surface area (Å²) in [6.45, 7) is 2.23. The minimum atomic E-state index is -0.658. The first-order valence-corrected chi connectivity index (χ1v) is 11.5. The molecule has 8 nitrogen and oxygen atoms in total. The van der Waals surface area contributed by atoms with E-state index in [0.29, 0.717) is 0 Å². The van der Waals surface area contributed by atoms with Crippen molar-refractivity contribution in [2.75, 3.05) is 24.7 Å². The number of nitrogens with one attached hydrogen (secondary N) is 2. The van der Waals surface area contributed by atoms with E-state index in [9.17, 15) is 19.5 Å². The lowest BCUT2D eigenvalue weighted by Gasteiger charge is -2.36. The minimum absolute atomic E-state index is 0.0169. The summed E-state index contributed by atoms with van der Waals surface area (Å²) in [6, 6.07) is 11.5. The molecule has 0 aliphatic heterocycles. The molecule has 1 aliphatic carbocycles. The molecule has 4 rings (SSSR count). The van der Waals surface area contributed by atoms with E-state index >= 15 is 0 Å². The molecule has 2 aromatic carbocycles. The third-order valence-corrected chi connectivity index (χ3v) is 6.89. The fraction of sp³-hybridized carbons (Fsp3) is 0.385. The molecule has 3 aromatic rings. The van der Waals surface area contributed by atoms with Crippen molar-refractivity contribution in [2.24, 2.45) is 5.41 Å². The van der Waals surface area contributed by atoms with Gasteiger partial charge >= 0.3 is 0 Å². The zero-order chi connectivity index (χ0) is 24.5. The highest BCUT2D eigenvalue weighted by Crippen LogP contribution is 2.43. The SMILES string of the molecule is CN(C)C(=O)c1nccc(Nc2c(N[C@@H](Cc3ccccc3)C3(C)CCCC3)c(=O)c2=O)c1O. The van der Waals surface area contributed by atoms with Gasteiger partial charge in [-0.3, -0.25) is 14.4 Å². The Hall–Kier alpha value is -3.68. The van der Waals surface area contributed by atoms with Crippen LogP contribution < -0.4 is 21.5 Å². The molecule has 1 saturated carbocycles. The van der Waals surface area contributed by atoms with Gasteiger partial charge in [0.2, 0.25) is 0 Å². The van der Waals surface area contributed by atoms with Crippen molar-refractivity contribution < 1.29 is 9.90 Å². The molecule has 1 atom stereocenters. The standard InChI is InChI=1S/C26H30N4O4/c1-26(12-7-8-13-26)18(15-16-9-5-4-6-10-16)29-20-19(23(32)24(20)33)28-17-11-14-27-21(22(17)31)25(34)30(2)3/h4-6,9-11,14,18,29,31H,7-8,12-13,15H2,1-3H3,(H,27,28)/t18-/m0/s1. The van der Waals surface area contributed by atoms with Crippen molar-refractivity contribution in [3.63, 3.8) is 0 Å². The van der Waals surface area contributed by atoms with Crippen LogP contribution >= 0.6 is 0 Å². The van der Waals surface area contributed by atoms with Gasteiger partial charge in [-0.2, -0.15) is 0 Å². The Bertz CT molecular complexity index is 1260. The quantitative estimate of drug-likeness (QED) is 0.440. The van der Waals surface area contributed by atoms with Crippen LogP contribution in [0.2, 0.25) is 0 Å². The van der Waals surface area contributed by atoms with E-state index in [0.717, 1.165) is 37.7 Å². The van der Waals surface area contributed by atoms with Gasteiger partial charge in [0.1, 0.15) is 11.4 Å². The van der Waals surface area contributed by atoms with Gasteiger partial charge in [0.05, 0.1) is 5.69 Å². The van der Waals surface area contributed by atoms with Crippen molar-refractivity contribution in [1.29, 1.82) is 0 Å². The lowest BCUT2D eigenvalue weighted by molar-refractivity contribution is 0.0819. The highest BCUT2D eigenvalue weighted by molar-refractivity contribution is 5.97. The number of aromatic hydroxyl groups is 1. The first-order valence-electron chi connectivity index (χ1n) is 11.5. The van der Waals surface area contributed by atoms with E-state index < -0.39 is 16.8 Å². The van der Waals surface area contributed by atoms with Gasteiger partial charge in [-0.15, -0.1) is 0 Å². The van der Waals surface area contributed by atoms with Crippen LogP contribution in [0.1, 0.15) is 48.7 Å². The molecule has 178 valence electrons. The largest absolute Gasteiger partial charge is 0.504 e. The number of amides is 1. The number of hydrogen-bond acceptors (Lipinski definition) is 7. The highest BCUT2D eigenvalue weighted by Gasteiger charge is 2.38. The van der Waals surface area contributed by atoms with Gasteiger partial charge in [-0.25, -0.2) is 4.98 Å². The summed E-state index contributed by atoms with van der Waals surface area (Å²) in [5.41, 5.74) is 0.210. The Labute approximate surface area is 198 Å². The maximum atomic E-state index is 12.6. The molecule has 1 aromatic heterocycles. The molecule has 34 heavy (non-hydrogen) atoms. The predicted octanol–water partition coefficient (Wildman–Crippen LogP) is 3.43. The summed E-state index contributed by atoms with van der Waals surface area (Å²) in [6.07, 6.45) is 6.43. The molecule has 1 fully saturated rings. The first kappa shape index (κ1) is 23.5. The summed E-state index contributed by atoms with van der Waals surface area (Å²) >= 11 is 0. The van der Waals surface area contributed by atoms with Gasteiger partial charge in [0.25, 0.3) is 16.8 Å². The number of hydrogen-bond donors (Lipinski definition) is 3. The summed E-state index contributed by atoms with van der Waals surface area (Å²) in [5, 5.41) is 16.8. The van der Waals surface area contributed by atoms with Gasteiger partial charge in [0.15, 0.2) is 11.4 Å². The van der Waals surface area contributed by atoms with Crippen molar-refractivity contribution in [1.82, 2.24) is 9.88 Å². The third-order valence-electron chi connectivity index (χ3n) is 6.89. The number of carbonyl (C=O) groups is 1. The summed E-state index contributed by atoms with van der Waals surface area (Å²) < 4.78 is 0. The lowest BCUT2D eigenvalue weighted by atomic mass is 9.77. The normalized spacial score (nSPS) is 15.7. The molecule has 0 bridgehead atoms. The summed E-state index contributed by atoms with van der Waals surface area (Å²) in [4.78, 5) is 42.6. The van der Waals surface area contributed by atoms with Crippen LogP contribution in [0, 0.1) is 5.41 Å². The van der Waals surface area contributed by atoms with Crippen LogP contribution in [0.5, 0.6) is 5.75 Å². The third kappa shape index (κ3) is 4.40. The summed E-state index contributed by atoms with van der Waals surface area (Å²) in [5.74, 6) is -0.842. The van der Waals surface area contributed by atoms with Crippen LogP contribution in [0.15, 0.2) is 52.2 Å². The van der Waals surface area contributed by atoms with E-state index in [2.05, 4.69) is 34.7 Å². The van der Waals surface area contributed by atoms with Crippen LogP contribution in [0.25, 0.3) is 0 Å². The van der Waals surface area contributed by atoms with Gasteiger partial charge in [0, 0.05) is 26.3 Å². The van der Waals surface area contributed by atoms with E-state index in [1.165, 1.54) is 17.2 Å². The molecule has 1 aliphatic rings. The predicted molar refractivity (Wildman–Crippen MR) is 133 cm³/mol. The Kier molecular flexibility index (Phi) is 6.41. The minimum Gasteiger partial charge on any atom is -0.504 e. The number of anilines is 3. The Morgan fingerprint density at radius 1 is 1.09 bits per heavy atom. The van der Waals surface area contributed by atoms with Crippen LogP contribution in [0.4, 0.5) is 17.1 Å². The molecular weight excluding hydrogens is 432 g/mol. The van der Waals surface area contributed by atoms with Crippen molar-refractivity contribution in [2.45, 2.75) is 45.1 Å². The van der Waals surface area contributed by atoms with Gasteiger partial charge in [-0.1, -0.05) is 50.1 Å². The van der Waals surface area contributed by atoms with Crippen molar-refractivity contribution in [3.8, 4) is 5.75 Å². The van der Waals surface area contributed by atoms with Crippen molar-refractivity contribution in [3.05, 3.63) is 74.3 Å². The molecular formula is C26H30N4O4. The zero-order valence-electron chi connectivity index (χ0n) is 19.7. The first-order chi connectivity index (χ1) is 16.2. The number of aromatic nitrogens is 1. The smallest absolute Gasteiger partial charge is 0.275 e. The number of carbonyl (C=O) groups excluding carboxylic acids is 1. The fourth-order valence-corrected chi connectivity index (χ4v) is 4.73. The van der Waals surface area contributed by atoms with E-state index in [4.69, 9.17) is 0 Å². The maximum Gasteiger partial charge on any atom is 0.275 e. The summed E-state index contributed by atoms with van der Waals surface area (Å²) in [7, 11) is 3.11. The Morgan fingerprint density at radius 2 is 1.74 bits per heavy atom. The molecule has 8 heteroatoms. The second kappa shape index (κ2) is 9.29. The van der Waals surface area contributed by atoms with Crippen molar-refractivity contribution >= 4 is 23.0 Å². The van der Waals surface area contributed by atoms with Crippen LogP contribution in [-0.2, 0) is 6.42 Å². The monoisotopic (exact) mass is 462 g/mol. The van der Waals surface area contributed by atoms with Gasteiger partial charge < -0.3 is 20.6 Å². The molecule has 0 spiro atoms. The molecule has 0 radical (unpaired) electrons. The molecule has 3 N–H and O–H groups in total. The zero-order valence-corrected chi connectivity index (χ0v) is 19.7. The topological polar surface area (TPSA) is 112 Å². The Morgan fingerprint density at radius 3 is 2.38 bits per heavy atom. The second-order valence-corrected chi connectivity index (χ2v) is 9.54. The van der Waals surface area contributed by atoms with E-state index in [1.807, 2.05) is 18.2 Å². The van der Waals surface area contributed by atoms with Crippen LogP contribution in [-0.4, -0.2) is 41.0 Å². The number of rotatable bonds is 8. The number of benzene rings is 1. The number of nitrogens with zero attached hydrogens (tertiary/aromatic N) is 2. The average molecular weight is 463 g/mol. The number of pyridine rings is 1. The second-order valence-electron chi connectivity index (χ2n) is 9.54. The Balaban J connectivity index is 1.64. The van der Waals surface area contributed by atoms with E-state index in [1.54, 1.807) is 14.1 Å². The molecule has 0 unspecified atom stereocenters. The maximum absolute atomic E-state index is 12.6. The van der Waals surface area contributed by atoms with E-state index in [-0.39, 0.29) is 40.0 Å². The average Bonchev–Trinajstić information content (AvgIpc) is 3.28. The highest BCUT2D eigenvalue weighted by atomic mass is 16.3. The lowest BCUT2D eigenvalue weighted by Crippen LogP contribution is -2.44.